The lowest BCUT2D eigenvalue weighted by atomic mass is 10.4. The SMILES string of the molecule is CCn1ccnc1-c1nc(N)nc(N2CCOCC2)n1. The van der Waals surface area contributed by atoms with E-state index in [1.54, 1.807) is 6.20 Å². The van der Waals surface area contributed by atoms with Crippen molar-refractivity contribution in [2.75, 3.05) is 36.9 Å². The number of rotatable bonds is 3. The van der Waals surface area contributed by atoms with Crippen molar-refractivity contribution < 1.29 is 4.74 Å². The van der Waals surface area contributed by atoms with Gasteiger partial charge in [-0.3, -0.25) is 0 Å². The Morgan fingerprint density at radius 2 is 2.05 bits per heavy atom. The number of morpholine rings is 1. The van der Waals surface area contributed by atoms with Crippen LogP contribution in [0.5, 0.6) is 0 Å². The van der Waals surface area contributed by atoms with Gasteiger partial charge >= 0.3 is 0 Å². The zero-order valence-corrected chi connectivity index (χ0v) is 11.4. The van der Waals surface area contributed by atoms with Crippen molar-refractivity contribution in [3.63, 3.8) is 0 Å². The minimum absolute atomic E-state index is 0.210. The van der Waals surface area contributed by atoms with Crippen LogP contribution in [-0.4, -0.2) is 50.8 Å². The molecule has 3 heterocycles. The Bertz CT molecular complexity index is 591. The van der Waals surface area contributed by atoms with Crippen molar-refractivity contribution in [2.24, 2.45) is 0 Å². The molecular weight excluding hydrogens is 258 g/mol. The van der Waals surface area contributed by atoms with E-state index < -0.39 is 0 Å². The highest BCUT2D eigenvalue weighted by Gasteiger charge is 2.18. The van der Waals surface area contributed by atoms with Crippen molar-refractivity contribution in [3.8, 4) is 11.6 Å². The van der Waals surface area contributed by atoms with E-state index in [2.05, 4.69) is 19.9 Å². The van der Waals surface area contributed by atoms with E-state index in [0.29, 0.717) is 30.8 Å². The first kappa shape index (κ1) is 12.8. The number of hydrogen-bond donors (Lipinski definition) is 1. The summed E-state index contributed by atoms with van der Waals surface area (Å²) in [6.45, 7) is 5.69. The maximum Gasteiger partial charge on any atom is 0.230 e. The quantitative estimate of drug-likeness (QED) is 0.853. The van der Waals surface area contributed by atoms with E-state index in [1.165, 1.54) is 0 Å². The molecule has 0 unspecified atom stereocenters. The Morgan fingerprint density at radius 3 is 2.80 bits per heavy atom. The molecule has 1 aliphatic heterocycles. The summed E-state index contributed by atoms with van der Waals surface area (Å²) in [4.78, 5) is 19.2. The van der Waals surface area contributed by atoms with Crippen molar-refractivity contribution >= 4 is 11.9 Å². The van der Waals surface area contributed by atoms with E-state index in [9.17, 15) is 0 Å². The largest absolute Gasteiger partial charge is 0.378 e. The molecule has 0 bridgehead atoms. The maximum absolute atomic E-state index is 5.81. The van der Waals surface area contributed by atoms with Crippen LogP contribution in [0.2, 0.25) is 0 Å². The van der Waals surface area contributed by atoms with E-state index in [-0.39, 0.29) is 5.95 Å². The molecule has 1 fully saturated rings. The Balaban J connectivity index is 1.98. The highest BCUT2D eigenvalue weighted by atomic mass is 16.5. The molecule has 1 aliphatic rings. The molecule has 2 N–H and O–H groups in total. The molecule has 0 atom stereocenters. The highest BCUT2D eigenvalue weighted by molar-refractivity contribution is 5.50. The van der Waals surface area contributed by atoms with Crippen LogP contribution in [0.25, 0.3) is 11.6 Å². The average molecular weight is 275 g/mol. The molecule has 8 heteroatoms. The average Bonchev–Trinajstić information content (AvgIpc) is 2.96. The summed E-state index contributed by atoms with van der Waals surface area (Å²) in [5.74, 6) is 2.01. The second-order valence-electron chi connectivity index (χ2n) is 4.45. The number of ether oxygens (including phenoxy) is 1. The second kappa shape index (κ2) is 5.41. The summed E-state index contributed by atoms with van der Waals surface area (Å²) in [6.07, 6.45) is 3.62. The Labute approximate surface area is 116 Å². The summed E-state index contributed by atoms with van der Waals surface area (Å²) < 4.78 is 7.30. The normalized spacial score (nSPS) is 15.6. The molecule has 8 nitrogen and oxygen atoms in total. The summed E-state index contributed by atoms with van der Waals surface area (Å²) in [5.41, 5.74) is 5.81. The van der Waals surface area contributed by atoms with Crippen LogP contribution in [-0.2, 0) is 11.3 Å². The van der Waals surface area contributed by atoms with Gasteiger partial charge in [0.1, 0.15) is 0 Å². The standard InChI is InChI=1S/C12H17N7O/c1-2-18-4-3-14-10(18)9-15-11(13)17-12(16-9)19-5-7-20-8-6-19/h3-4H,2,5-8H2,1H3,(H2,13,15,16,17). The van der Waals surface area contributed by atoms with Gasteiger partial charge in [0.2, 0.25) is 17.7 Å². The van der Waals surface area contributed by atoms with Gasteiger partial charge < -0.3 is 19.9 Å². The van der Waals surface area contributed by atoms with Gasteiger partial charge in [0.15, 0.2) is 5.82 Å². The van der Waals surface area contributed by atoms with Crippen LogP contribution in [0.4, 0.5) is 11.9 Å². The van der Waals surface area contributed by atoms with Crippen molar-refractivity contribution in [3.05, 3.63) is 12.4 Å². The molecule has 0 spiro atoms. The summed E-state index contributed by atoms with van der Waals surface area (Å²) >= 11 is 0. The first-order chi connectivity index (χ1) is 9.78. The van der Waals surface area contributed by atoms with Crippen LogP contribution in [0, 0.1) is 0 Å². The minimum atomic E-state index is 0.210. The van der Waals surface area contributed by atoms with Crippen LogP contribution in [0.15, 0.2) is 12.4 Å². The first-order valence-electron chi connectivity index (χ1n) is 6.63. The van der Waals surface area contributed by atoms with Gasteiger partial charge in [-0.15, -0.1) is 0 Å². The van der Waals surface area contributed by atoms with E-state index >= 15 is 0 Å². The van der Waals surface area contributed by atoms with Gasteiger partial charge in [0, 0.05) is 32.0 Å². The highest BCUT2D eigenvalue weighted by Crippen LogP contribution is 2.18. The second-order valence-corrected chi connectivity index (χ2v) is 4.45. The molecule has 0 amide bonds. The minimum Gasteiger partial charge on any atom is -0.378 e. The molecular formula is C12H17N7O. The number of aromatic nitrogens is 5. The number of imidazole rings is 1. The third-order valence-electron chi connectivity index (χ3n) is 3.19. The molecule has 0 radical (unpaired) electrons. The fourth-order valence-electron chi connectivity index (χ4n) is 2.16. The van der Waals surface area contributed by atoms with E-state index in [0.717, 1.165) is 19.6 Å². The summed E-state index contributed by atoms with van der Waals surface area (Å²) in [5, 5.41) is 0. The number of nitrogen functional groups attached to an aromatic ring is 1. The molecule has 2 aromatic heterocycles. The van der Waals surface area contributed by atoms with Crippen LogP contribution >= 0.6 is 0 Å². The topological polar surface area (TPSA) is 95.0 Å². The van der Waals surface area contributed by atoms with Crippen LogP contribution < -0.4 is 10.6 Å². The summed E-state index contributed by atoms with van der Waals surface area (Å²) in [7, 11) is 0. The fourth-order valence-corrected chi connectivity index (χ4v) is 2.16. The van der Waals surface area contributed by atoms with Crippen molar-refractivity contribution in [1.82, 2.24) is 24.5 Å². The molecule has 20 heavy (non-hydrogen) atoms. The lowest BCUT2D eigenvalue weighted by Crippen LogP contribution is -2.37. The fraction of sp³-hybridized carbons (Fsp3) is 0.500. The lowest BCUT2D eigenvalue weighted by molar-refractivity contribution is 0.122. The van der Waals surface area contributed by atoms with Gasteiger partial charge in [-0.1, -0.05) is 0 Å². The van der Waals surface area contributed by atoms with Gasteiger partial charge in [0.05, 0.1) is 13.2 Å². The van der Waals surface area contributed by atoms with E-state index in [1.807, 2.05) is 22.6 Å². The molecule has 0 saturated carbocycles. The zero-order valence-electron chi connectivity index (χ0n) is 11.4. The monoisotopic (exact) mass is 275 g/mol. The Morgan fingerprint density at radius 1 is 1.25 bits per heavy atom. The summed E-state index contributed by atoms with van der Waals surface area (Å²) in [6, 6.07) is 0. The van der Waals surface area contributed by atoms with Crippen molar-refractivity contribution in [2.45, 2.75) is 13.5 Å². The molecule has 2 aromatic rings. The van der Waals surface area contributed by atoms with Crippen LogP contribution in [0.1, 0.15) is 6.92 Å². The Hall–Kier alpha value is -2.22. The van der Waals surface area contributed by atoms with Gasteiger partial charge in [-0.25, -0.2) is 4.98 Å². The van der Waals surface area contributed by atoms with Crippen LogP contribution in [0.3, 0.4) is 0 Å². The molecule has 0 aromatic carbocycles. The van der Waals surface area contributed by atoms with Gasteiger partial charge in [-0.2, -0.15) is 15.0 Å². The third kappa shape index (κ3) is 2.42. The number of nitrogens with zero attached hydrogens (tertiary/aromatic N) is 6. The number of hydrogen-bond acceptors (Lipinski definition) is 7. The molecule has 106 valence electrons. The molecule has 3 rings (SSSR count). The smallest absolute Gasteiger partial charge is 0.230 e. The predicted molar refractivity (Wildman–Crippen MR) is 74.2 cm³/mol. The number of nitrogens with two attached hydrogens (primary N) is 1. The zero-order chi connectivity index (χ0) is 13.9. The first-order valence-corrected chi connectivity index (χ1v) is 6.63. The molecule has 0 aliphatic carbocycles. The Kier molecular flexibility index (Phi) is 3.46. The third-order valence-corrected chi connectivity index (χ3v) is 3.19. The number of anilines is 2. The van der Waals surface area contributed by atoms with Gasteiger partial charge in [-0.05, 0) is 6.92 Å². The number of aryl methyl sites for hydroxylation is 1. The lowest BCUT2D eigenvalue weighted by Gasteiger charge is -2.26. The maximum atomic E-state index is 5.81. The van der Waals surface area contributed by atoms with E-state index in [4.69, 9.17) is 10.5 Å². The predicted octanol–water partition coefficient (Wildman–Crippen LogP) is 0.174. The van der Waals surface area contributed by atoms with Gasteiger partial charge in [0.25, 0.3) is 0 Å². The molecule has 1 saturated heterocycles. The van der Waals surface area contributed by atoms with Crippen molar-refractivity contribution in [1.29, 1.82) is 0 Å².